The van der Waals surface area contributed by atoms with Crippen molar-refractivity contribution in [3.63, 3.8) is 0 Å². The number of ether oxygens (including phenoxy) is 12. The number of carbonyl (C=O) groups is 7. The van der Waals surface area contributed by atoms with Crippen LogP contribution in [0.4, 0.5) is 26.7 Å². The maximum absolute atomic E-state index is 15.1. The molecule has 0 saturated carbocycles. The van der Waals surface area contributed by atoms with Gasteiger partial charge in [0.15, 0.2) is 43.2 Å². The van der Waals surface area contributed by atoms with E-state index in [9.17, 15) is 46.7 Å². The summed E-state index contributed by atoms with van der Waals surface area (Å²) in [6.45, 7) is 4.85. The number of hydrogen-bond acceptors (Lipinski definition) is 19. The van der Waals surface area contributed by atoms with Crippen LogP contribution >= 0.6 is 0 Å². The SMILES string of the molecule is CC(=O)N[C@H]1[C@@H](O[C@H](C)[C@H](NC(=O)OCC2c3ccccc3-c3ccccc32)C(=O)Oc2c(F)c(F)c(F)c(F)c2F)O[C@@H]2CO[C@H](c3ccccc3)O[C@@H]2[C@@H]1O[C@@H]1O[C@H](COC(C)=O)[C@H](OC(C)=O)[C@H](OC(C)=O)[C@H]1OC(C)=O. The van der Waals surface area contributed by atoms with Gasteiger partial charge in [-0.3, -0.25) is 24.0 Å². The molecular formula is C54H53F5N2O19. The van der Waals surface area contributed by atoms with Crippen LogP contribution in [0.15, 0.2) is 78.9 Å². The largest absolute Gasteiger partial charge is 0.463 e. The van der Waals surface area contributed by atoms with Gasteiger partial charge in [0.25, 0.3) is 0 Å². The topological polar surface area (TPSA) is 254 Å². The van der Waals surface area contributed by atoms with Gasteiger partial charge < -0.3 is 67.5 Å². The van der Waals surface area contributed by atoms with Crippen molar-refractivity contribution in [2.75, 3.05) is 19.8 Å². The molecule has 2 amide bonds. The number of benzene rings is 4. The van der Waals surface area contributed by atoms with E-state index in [-0.39, 0.29) is 13.2 Å². The fourth-order valence-electron chi connectivity index (χ4n) is 9.73. The minimum atomic E-state index is -2.56. The van der Waals surface area contributed by atoms with E-state index >= 15 is 8.78 Å². The average Bonchev–Trinajstić information content (AvgIpc) is 3.82. The van der Waals surface area contributed by atoms with Crippen LogP contribution in [0, 0.1) is 29.1 Å². The lowest BCUT2D eigenvalue weighted by molar-refractivity contribution is -0.381. The average molecular weight is 1130 g/mol. The number of esters is 5. The molecule has 3 heterocycles. The summed E-state index contributed by atoms with van der Waals surface area (Å²) >= 11 is 0. The summed E-state index contributed by atoms with van der Waals surface area (Å²) in [5.74, 6) is -21.5. The fourth-order valence-corrected chi connectivity index (χ4v) is 9.73. The normalized spacial score (nSPS) is 25.7. The second-order valence-corrected chi connectivity index (χ2v) is 18.7. The van der Waals surface area contributed by atoms with Crippen LogP contribution in [-0.2, 0) is 80.9 Å². The summed E-state index contributed by atoms with van der Waals surface area (Å²) in [5, 5.41) is 4.84. The van der Waals surface area contributed by atoms with Gasteiger partial charge in [0.05, 0.1) is 12.7 Å². The highest BCUT2D eigenvalue weighted by Gasteiger charge is 2.58. The summed E-state index contributed by atoms with van der Waals surface area (Å²) in [4.78, 5) is 91.6. The molecule has 21 nitrogen and oxygen atoms in total. The summed E-state index contributed by atoms with van der Waals surface area (Å²) in [5.41, 5.74) is 3.75. The van der Waals surface area contributed by atoms with Gasteiger partial charge in [-0.05, 0) is 29.2 Å². The third-order valence-electron chi connectivity index (χ3n) is 13.1. The number of nitrogens with one attached hydrogen (secondary N) is 2. The molecular weight excluding hydrogens is 1080 g/mol. The lowest BCUT2D eigenvalue weighted by Gasteiger charge is -2.52. The number of hydrogen-bond donors (Lipinski definition) is 2. The Hall–Kier alpha value is -7.62. The monoisotopic (exact) mass is 1130 g/mol. The van der Waals surface area contributed by atoms with E-state index in [1.165, 1.54) is 0 Å². The van der Waals surface area contributed by atoms with Crippen molar-refractivity contribution >= 4 is 41.8 Å². The zero-order chi connectivity index (χ0) is 57.7. The van der Waals surface area contributed by atoms with Crippen molar-refractivity contribution in [3.05, 3.63) is 125 Å². The second kappa shape index (κ2) is 25.2. The highest BCUT2D eigenvalue weighted by Crippen LogP contribution is 2.45. The van der Waals surface area contributed by atoms with E-state index in [0.29, 0.717) is 5.56 Å². The lowest BCUT2D eigenvalue weighted by atomic mass is 9.94. The number of alkyl carbamates (subject to hydrolysis) is 1. The Bertz CT molecular complexity index is 2920. The molecule has 3 saturated heterocycles. The molecule has 3 aliphatic heterocycles. The van der Waals surface area contributed by atoms with Crippen molar-refractivity contribution in [1.29, 1.82) is 0 Å². The third kappa shape index (κ3) is 13.0. The van der Waals surface area contributed by atoms with Gasteiger partial charge in [-0.25, -0.2) is 22.8 Å². The molecule has 3 fully saturated rings. The maximum Gasteiger partial charge on any atom is 0.407 e. The van der Waals surface area contributed by atoms with Crippen LogP contribution in [0.3, 0.4) is 0 Å². The number of halogens is 5. The smallest absolute Gasteiger partial charge is 0.407 e. The van der Waals surface area contributed by atoms with Crippen LogP contribution in [0.1, 0.15) is 70.4 Å². The summed E-state index contributed by atoms with van der Waals surface area (Å²) in [7, 11) is 0. The number of rotatable bonds is 17. The summed E-state index contributed by atoms with van der Waals surface area (Å²) in [6, 6.07) is 19.0. The molecule has 4 aliphatic rings. The van der Waals surface area contributed by atoms with E-state index < -0.39 is 169 Å². The maximum atomic E-state index is 15.1. The minimum Gasteiger partial charge on any atom is -0.463 e. The molecule has 0 bridgehead atoms. The van der Waals surface area contributed by atoms with Crippen LogP contribution in [0.2, 0.25) is 0 Å². The number of fused-ring (bicyclic) bond motifs is 4. The minimum absolute atomic E-state index is 0.351. The summed E-state index contributed by atoms with van der Waals surface area (Å²) in [6.07, 6.45) is -19.3. The molecule has 80 heavy (non-hydrogen) atoms. The Morgan fingerprint density at radius 2 is 1.18 bits per heavy atom. The molecule has 13 atom stereocenters. The first kappa shape index (κ1) is 58.5. The van der Waals surface area contributed by atoms with Crippen molar-refractivity contribution < 1.29 is 112 Å². The van der Waals surface area contributed by atoms with Gasteiger partial charge >= 0.3 is 35.9 Å². The first-order valence-electron chi connectivity index (χ1n) is 24.8. The molecule has 2 N–H and O–H groups in total. The highest BCUT2D eigenvalue weighted by molar-refractivity contribution is 5.84. The van der Waals surface area contributed by atoms with E-state index in [2.05, 4.69) is 10.6 Å². The molecule has 428 valence electrons. The van der Waals surface area contributed by atoms with Crippen LogP contribution in [0.5, 0.6) is 5.75 Å². The van der Waals surface area contributed by atoms with Gasteiger partial charge in [0.2, 0.25) is 40.7 Å². The van der Waals surface area contributed by atoms with Crippen molar-refractivity contribution in [1.82, 2.24) is 10.6 Å². The van der Waals surface area contributed by atoms with Crippen LogP contribution in [-0.4, -0.2) is 135 Å². The van der Waals surface area contributed by atoms with E-state index in [4.69, 9.17) is 56.8 Å². The van der Waals surface area contributed by atoms with Gasteiger partial charge in [-0.1, -0.05) is 78.9 Å². The highest BCUT2D eigenvalue weighted by atomic mass is 19.2. The quantitative estimate of drug-likeness (QED) is 0.0335. The zero-order valence-corrected chi connectivity index (χ0v) is 43.4. The Morgan fingerprint density at radius 3 is 1.76 bits per heavy atom. The molecule has 0 unspecified atom stereocenters. The second-order valence-electron chi connectivity index (χ2n) is 18.7. The van der Waals surface area contributed by atoms with E-state index in [0.717, 1.165) is 63.8 Å². The molecule has 8 rings (SSSR count). The zero-order valence-electron chi connectivity index (χ0n) is 43.4. The van der Waals surface area contributed by atoms with Gasteiger partial charge in [-0.15, -0.1) is 0 Å². The fraction of sp³-hybridized carbons (Fsp3) is 0.426. The molecule has 0 aromatic heterocycles. The molecule has 4 aromatic carbocycles. The Balaban J connectivity index is 1.16. The first-order chi connectivity index (χ1) is 38.1. The van der Waals surface area contributed by atoms with Gasteiger partial charge in [0.1, 0.15) is 43.7 Å². The predicted molar refractivity (Wildman–Crippen MR) is 258 cm³/mol. The molecule has 26 heteroatoms. The van der Waals surface area contributed by atoms with Crippen LogP contribution in [0.25, 0.3) is 11.1 Å². The number of amides is 2. The van der Waals surface area contributed by atoms with Gasteiger partial charge in [0, 0.05) is 46.1 Å². The number of carbonyl (C=O) groups excluding carboxylic acids is 7. The van der Waals surface area contributed by atoms with Gasteiger partial charge in [-0.2, -0.15) is 8.78 Å². The third-order valence-corrected chi connectivity index (χ3v) is 13.1. The Labute approximate surface area is 452 Å². The Kier molecular flexibility index (Phi) is 18.5. The van der Waals surface area contributed by atoms with Crippen molar-refractivity contribution in [2.24, 2.45) is 0 Å². The first-order valence-corrected chi connectivity index (χ1v) is 24.8. The van der Waals surface area contributed by atoms with E-state index in [1.54, 1.807) is 42.5 Å². The Morgan fingerprint density at radius 1 is 0.613 bits per heavy atom. The molecule has 4 aromatic rings. The van der Waals surface area contributed by atoms with Crippen molar-refractivity contribution in [2.45, 2.75) is 127 Å². The lowest BCUT2D eigenvalue weighted by Crippen LogP contribution is -2.70. The van der Waals surface area contributed by atoms with E-state index in [1.807, 2.05) is 36.4 Å². The molecule has 1 aliphatic carbocycles. The van der Waals surface area contributed by atoms with Crippen LogP contribution < -0.4 is 15.4 Å². The molecule has 0 spiro atoms. The standard InChI is InChI=1S/C54H53F5N2O19/c1-23(42(50(67)78-46-40(58)38(56)37(55)39(57)41(46)59)61-54(68)71-20-34-32-18-12-10-16-30(32)31-17-11-13-19-33(31)34)72-52-43(60-24(2)62)47(44-36(76-52)22-70-51(79-44)29-14-8-7-9-15-29)80-53-49(75-28(6)66)48(74-27(5)65)45(73-26(4)64)35(77-53)21-69-25(3)63/h7-19,23,34-36,42-45,47-49,51-53H,20-22H2,1-6H3,(H,60,62)(H,61,68)/t23-,35-,36-,42+,43-,44+,45+,47-,48+,49-,51+,52+,53+/m1/s1. The molecule has 0 radical (unpaired) electrons. The predicted octanol–water partition coefficient (Wildman–Crippen LogP) is 5.41. The summed E-state index contributed by atoms with van der Waals surface area (Å²) < 4.78 is 144. The van der Waals surface area contributed by atoms with Crippen molar-refractivity contribution in [3.8, 4) is 16.9 Å².